The number of aliphatic hydroxyl groups is 1. The van der Waals surface area contributed by atoms with Crippen LogP contribution in [0.15, 0.2) is 11.6 Å². The van der Waals surface area contributed by atoms with Crippen LogP contribution in [0.5, 0.6) is 0 Å². The first kappa shape index (κ1) is 9.75. The van der Waals surface area contributed by atoms with Crippen molar-refractivity contribution in [3.05, 3.63) is 11.6 Å². The van der Waals surface area contributed by atoms with E-state index in [-0.39, 0.29) is 6.10 Å². The Balaban J connectivity index is 2.41. The van der Waals surface area contributed by atoms with Gasteiger partial charge in [0.25, 0.3) is 0 Å². The van der Waals surface area contributed by atoms with Crippen molar-refractivity contribution in [2.45, 2.75) is 44.6 Å². The first-order valence-corrected chi connectivity index (χ1v) is 4.91. The topological polar surface area (TPSA) is 46.2 Å². The molecule has 12 heavy (non-hydrogen) atoms. The zero-order chi connectivity index (χ0) is 8.81. The fourth-order valence-electron chi connectivity index (χ4n) is 1.69. The Morgan fingerprint density at radius 1 is 1.42 bits per heavy atom. The van der Waals surface area contributed by atoms with Crippen molar-refractivity contribution >= 4 is 0 Å². The molecule has 0 amide bonds. The molecule has 0 saturated heterocycles. The van der Waals surface area contributed by atoms with E-state index in [0.717, 1.165) is 12.8 Å². The molecule has 0 aromatic carbocycles. The number of nitrogens with two attached hydrogens (primary N) is 1. The Morgan fingerprint density at radius 2 is 2.25 bits per heavy atom. The quantitative estimate of drug-likeness (QED) is 0.630. The van der Waals surface area contributed by atoms with Crippen LogP contribution in [0.4, 0.5) is 0 Å². The smallest absolute Gasteiger partial charge is 0.0762 e. The molecule has 0 radical (unpaired) electrons. The van der Waals surface area contributed by atoms with Crippen LogP contribution in [-0.4, -0.2) is 17.8 Å². The summed E-state index contributed by atoms with van der Waals surface area (Å²) in [5.41, 5.74) is 6.61. The maximum absolute atomic E-state index is 9.65. The van der Waals surface area contributed by atoms with Gasteiger partial charge in [-0.25, -0.2) is 0 Å². The Kier molecular flexibility index (Phi) is 4.33. The predicted molar refractivity (Wildman–Crippen MR) is 50.8 cm³/mol. The van der Waals surface area contributed by atoms with Gasteiger partial charge >= 0.3 is 0 Å². The Hall–Kier alpha value is -0.340. The average molecular weight is 169 g/mol. The van der Waals surface area contributed by atoms with Crippen molar-refractivity contribution in [3.8, 4) is 0 Å². The van der Waals surface area contributed by atoms with E-state index < -0.39 is 0 Å². The van der Waals surface area contributed by atoms with Crippen molar-refractivity contribution < 1.29 is 5.11 Å². The molecule has 0 heterocycles. The minimum Gasteiger partial charge on any atom is -0.389 e. The van der Waals surface area contributed by atoms with Crippen LogP contribution in [0.3, 0.4) is 0 Å². The van der Waals surface area contributed by atoms with Gasteiger partial charge in [0, 0.05) is 0 Å². The number of allylic oxidation sites excluding steroid dienone is 1. The van der Waals surface area contributed by atoms with E-state index in [1.54, 1.807) is 0 Å². The van der Waals surface area contributed by atoms with Gasteiger partial charge in [-0.2, -0.15) is 0 Å². The maximum Gasteiger partial charge on any atom is 0.0762 e. The summed E-state index contributed by atoms with van der Waals surface area (Å²) in [6.45, 7) is 0.582. The molecule has 1 aliphatic rings. The van der Waals surface area contributed by atoms with Gasteiger partial charge in [0.15, 0.2) is 0 Å². The number of hydrogen-bond acceptors (Lipinski definition) is 2. The number of hydrogen-bond donors (Lipinski definition) is 2. The van der Waals surface area contributed by atoms with Gasteiger partial charge in [0.2, 0.25) is 0 Å². The average Bonchev–Trinajstić information content (AvgIpc) is 2.32. The summed E-state index contributed by atoms with van der Waals surface area (Å²) in [6.07, 6.45) is 8.66. The van der Waals surface area contributed by atoms with Crippen molar-refractivity contribution in [1.82, 2.24) is 0 Å². The van der Waals surface area contributed by atoms with E-state index >= 15 is 0 Å². The van der Waals surface area contributed by atoms with Gasteiger partial charge in [0.1, 0.15) is 0 Å². The standard InChI is InChI=1S/C10H19NO/c11-8-7-10(12)9-5-3-1-2-4-6-9/h5,10,12H,1-4,6-8,11H2. The number of aliphatic hydroxyl groups excluding tert-OH is 1. The summed E-state index contributed by atoms with van der Waals surface area (Å²) >= 11 is 0. The van der Waals surface area contributed by atoms with E-state index in [1.807, 2.05) is 0 Å². The second kappa shape index (κ2) is 5.33. The molecule has 1 unspecified atom stereocenters. The molecular weight excluding hydrogens is 150 g/mol. The molecule has 1 atom stereocenters. The van der Waals surface area contributed by atoms with Crippen molar-refractivity contribution in [1.29, 1.82) is 0 Å². The lowest BCUT2D eigenvalue weighted by Gasteiger charge is -2.12. The highest BCUT2D eigenvalue weighted by Gasteiger charge is 2.10. The molecule has 0 saturated carbocycles. The van der Waals surface area contributed by atoms with E-state index in [0.29, 0.717) is 13.0 Å². The monoisotopic (exact) mass is 169 g/mol. The fourth-order valence-corrected chi connectivity index (χ4v) is 1.69. The maximum atomic E-state index is 9.65. The molecule has 0 aromatic rings. The molecule has 1 aliphatic carbocycles. The summed E-state index contributed by atoms with van der Waals surface area (Å²) in [6, 6.07) is 0. The van der Waals surface area contributed by atoms with Crippen molar-refractivity contribution in [2.24, 2.45) is 5.73 Å². The lowest BCUT2D eigenvalue weighted by atomic mass is 10.0. The van der Waals surface area contributed by atoms with Crippen LogP contribution in [0.25, 0.3) is 0 Å². The molecule has 70 valence electrons. The zero-order valence-corrected chi connectivity index (χ0v) is 7.63. The highest BCUT2D eigenvalue weighted by molar-refractivity contribution is 5.09. The summed E-state index contributed by atoms with van der Waals surface area (Å²) < 4.78 is 0. The molecule has 0 spiro atoms. The second-order valence-corrected chi connectivity index (χ2v) is 3.47. The fraction of sp³-hybridized carbons (Fsp3) is 0.800. The molecule has 1 rings (SSSR count). The first-order chi connectivity index (χ1) is 5.84. The van der Waals surface area contributed by atoms with E-state index in [2.05, 4.69) is 6.08 Å². The van der Waals surface area contributed by atoms with Gasteiger partial charge in [-0.3, -0.25) is 0 Å². The summed E-state index contributed by atoms with van der Waals surface area (Å²) in [4.78, 5) is 0. The minimum atomic E-state index is -0.270. The van der Waals surface area contributed by atoms with Gasteiger partial charge in [-0.15, -0.1) is 0 Å². The highest BCUT2D eigenvalue weighted by Crippen LogP contribution is 2.20. The number of rotatable bonds is 3. The Bertz CT molecular complexity index is 154. The minimum absolute atomic E-state index is 0.270. The van der Waals surface area contributed by atoms with Crippen molar-refractivity contribution in [3.63, 3.8) is 0 Å². The zero-order valence-electron chi connectivity index (χ0n) is 7.63. The summed E-state index contributed by atoms with van der Waals surface area (Å²) in [5.74, 6) is 0. The van der Waals surface area contributed by atoms with Crippen LogP contribution in [0, 0.1) is 0 Å². The van der Waals surface area contributed by atoms with Crippen LogP contribution < -0.4 is 5.73 Å². The molecule has 2 heteroatoms. The van der Waals surface area contributed by atoms with E-state index in [9.17, 15) is 5.11 Å². The van der Waals surface area contributed by atoms with Gasteiger partial charge in [-0.1, -0.05) is 12.5 Å². The molecule has 2 nitrogen and oxygen atoms in total. The molecule has 3 N–H and O–H groups in total. The molecule has 0 aliphatic heterocycles. The Morgan fingerprint density at radius 3 is 3.00 bits per heavy atom. The third-order valence-electron chi connectivity index (χ3n) is 2.44. The molecule has 0 bridgehead atoms. The highest BCUT2D eigenvalue weighted by atomic mass is 16.3. The van der Waals surface area contributed by atoms with Crippen molar-refractivity contribution in [2.75, 3.05) is 6.54 Å². The Labute approximate surface area is 74.5 Å². The summed E-state index contributed by atoms with van der Waals surface area (Å²) in [7, 11) is 0. The van der Waals surface area contributed by atoms with E-state index in [4.69, 9.17) is 5.73 Å². The molecule has 0 fully saturated rings. The van der Waals surface area contributed by atoms with Crippen LogP contribution in [0.2, 0.25) is 0 Å². The normalized spacial score (nSPS) is 21.3. The predicted octanol–water partition coefficient (Wildman–Crippen LogP) is 1.59. The van der Waals surface area contributed by atoms with Crippen LogP contribution in [-0.2, 0) is 0 Å². The first-order valence-electron chi connectivity index (χ1n) is 4.91. The lowest BCUT2D eigenvalue weighted by molar-refractivity contribution is 0.198. The molecule has 0 aromatic heterocycles. The largest absolute Gasteiger partial charge is 0.389 e. The van der Waals surface area contributed by atoms with Crippen LogP contribution >= 0.6 is 0 Å². The third kappa shape index (κ3) is 2.95. The third-order valence-corrected chi connectivity index (χ3v) is 2.44. The van der Waals surface area contributed by atoms with Gasteiger partial charge in [0.05, 0.1) is 6.10 Å². The SMILES string of the molecule is NCCC(O)C1=CCCCCC1. The van der Waals surface area contributed by atoms with Gasteiger partial charge < -0.3 is 10.8 Å². The second-order valence-electron chi connectivity index (χ2n) is 3.47. The lowest BCUT2D eigenvalue weighted by Crippen LogP contribution is -2.15. The summed E-state index contributed by atoms with van der Waals surface area (Å²) in [5, 5.41) is 9.65. The van der Waals surface area contributed by atoms with Crippen LogP contribution in [0.1, 0.15) is 38.5 Å². The van der Waals surface area contributed by atoms with E-state index in [1.165, 1.54) is 24.8 Å². The van der Waals surface area contributed by atoms with Gasteiger partial charge in [-0.05, 0) is 44.2 Å². The molecular formula is C10H19NO.